The summed E-state index contributed by atoms with van der Waals surface area (Å²) >= 11 is 12.5. The Bertz CT molecular complexity index is 1760. The fraction of sp³-hybridized carbons (Fsp3) is 0.394. The molecule has 1 atom stereocenters. The highest BCUT2D eigenvalue weighted by Gasteiger charge is 2.30. The van der Waals surface area contributed by atoms with Gasteiger partial charge < -0.3 is 20.5 Å². The van der Waals surface area contributed by atoms with E-state index >= 15 is 0 Å². The molecule has 6 rings (SSSR count). The first-order valence-corrected chi connectivity index (χ1v) is 17.4. The van der Waals surface area contributed by atoms with Crippen molar-refractivity contribution in [2.45, 2.75) is 62.6 Å². The molecule has 11 heteroatoms. The van der Waals surface area contributed by atoms with Crippen LogP contribution >= 0.6 is 23.2 Å². The van der Waals surface area contributed by atoms with Gasteiger partial charge in [0.25, 0.3) is 5.91 Å². The van der Waals surface area contributed by atoms with Gasteiger partial charge in [-0.1, -0.05) is 29.3 Å². The van der Waals surface area contributed by atoms with Gasteiger partial charge in [0.1, 0.15) is 0 Å². The molecule has 1 aromatic heterocycles. The molecular formula is C33H36Cl2N4O4S. The molecule has 3 N–H and O–H groups in total. The largest absolute Gasteiger partial charge is 0.359 e. The summed E-state index contributed by atoms with van der Waals surface area (Å²) in [6.07, 6.45) is 6.69. The molecule has 8 nitrogen and oxygen atoms in total. The lowest BCUT2D eigenvalue weighted by molar-refractivity contribution is -0.132. The number of sulfone groups is 1. The summed E-state index contributed by atoms with van der Waals surface area (Å²) in [5.74, 6) is -0.0975. The van der Waals surface area contributed by atoms with Crippen LogP contribution in [0.25, 0.3) is 11.6 Å². The average molecular weight is 656 g/mol. The number of aromatic nitrogens is 1. The highest BCUT2D eigenvalue weighted by molar-refractivity contribution is 7.90. The minimum Gasteiger partial charge on any atom is -0.359 e. The van der Waals surface area contributed by atoms with Gasteiger partial charge in [-0.3, -0.25) is 9.59 Å². The van der Waals surface area contributed by atoms with Gasteiger partial charge in [0, 0.05) is 57.4 Å². The molecule has 1 aliphatic carbocycles. The van der Waals surface area contributed by atoms with E-state index in [1.807, 2.05) is 18.7 Å². The molecule has 2 amide bonds. The van der Waals surface area contributed by atoms with Crippen molar-refractivity contribution in [2.24, 2.45) is 5.92 Å². The maximum absolute atomic E-state index is 13.4. The molecule has 0 radical (unpaired) electrons. The molecule has 0 bridgehead atoms. The maximum Gasteiger partial charge on any atom is 0.256 e. The molecular weight excluding hydrogens is 619 g/mol. The number of rotatable bonds is 9. The minimum absolute atomic E-state index is 0.0625. The van der Waals surface area contributed by atoms with Gasteiger partial charge in [-0.15, -0.1) is 0 Å². The smallest absolute Gasteiger partial charge is 0.256 e. The van der Waals surface area contributed by atoms with E-state index in [9.17, 15) is 18.0 Å². The molecule has 3 aromatic rings. The third-order valence-electron chi connectivity index (χ3n) is 8.92. The number of benzene rings is 2. The zero-order valence-electron chi connectivity index (χ0n) is 24.8. The number of halogens is 2. The SMILES string of the molecule is Cc1[nH]c(/C=C2\C(=O)Nc3ccc(S(=O)(=O)Cc4c(Cl)cccc4Cl)cc32)c(C)c1CC(=O)N1CCC[C@@H](CNC2CC2)C1. The third-order valence-corrected chi connectivity index (χ3v) is 11.3. The van der Waals surface area contributed by atoms with Crippen molar-refractivity contribution in [3.05, 3.63) is 80.1 Å². The van der Waals surface area contributed by atoms with Crippen molar-refractivity contribution >= 4 is 62.2 Å². The van der Waals surface area contributed by atoms with Crippen molar-refractivity contribution in [1.29, 1.82) is 0 Å². The molecule has 0 unspecified atom stereocenters. The highest BCUT2D eigenvalue weighted by Crippen LogP contribution is 2.37. The first-order valence-electron chi connectivity index (χ1n) is 15.0. The number of fused-ring (bicyclic) bond motifs is 1. The predicted octanol–water partition coefficient (Wildman–Crippen LogP) is 5.94. The monoisotopic (exact) mass is 654 g/mol. The van der Waals surface area contributed by atoms with Gasteiger partial charge in [-0.25, -0.2) is 8.42 Å². The van der Waals surface area contributed by atoms with E-state index in [4.69, 9.17) is 23.2 Å². The van der Waals surface area contributed by atoms with Gasteiger partial charge in [0.2, 0.25) is 5.91 Å². The number of aromatic amines is 1. The van der Waals surface area contributed by atoms with Crippen LogP contribution < -0.4 is 10.6 Å². The molecule has 1 saturated carbocycles. The predicted molar refractivity (Wildman–Crippen MR) is 175 cm³/mol. The van der Waals surface area contributed by atoms with E-state index in [0.29, 0.717) is 40.0 Å². The Balaban J connectivity index is 1.22. The number of H-pyrrole nitrogens is 1. The Morgan fingerprint density at radius 2 is 1.84 bits per heavy atom. The second-order valence-corrected chi connectivity index (χ2v) is 15.0. The number of anilines is 1. The maximum atomic E-state index is 13.4. The Kier molecular flexibility index (Phi) is 8.67. The summed E-state index contributed by atoms with van der Waals surface area (Å²) < 4.78 is 26.8. The van der Waals surface area contributed by atoms with Crippen LogP contribution in [0.5, 0.6) is 0 Å². The van der Waals surface area contributed by atoms with E-state index < -0.39 is 9.84 Å². The molecule has 0 spiro atoms. The fourth-order valence-corrected chi connectivity index (χ4v) is 8.28. The number of aryl methyl sites for hydroxylation is 1. The van der Waals surface area contributed by atoms with E-state index in [-0.39, 0.29) is 38.9 Å². The normalized spacial score (nSPS) is 19.4. The van der Waals surface area contributed by atoms with Gasteiger partial charge in [0.05, 0.1) is 22.6 Å². The fourth-order valence-electron chi connectivity index (χ4n) is 6.16. The van der Waals surface area contributed by atoms with Crippen LogP contribution in [-0.4, -0.2) is 55.8 Å². The van der Waals surface area contributed by atoms with Crippen LogP contribution in [0.15, 0.2) is 41.3 Å². The first kappa shape index (κ1) is 30.9. The number of carbonyl (C=O) groups excluding carboxylic acids is 2. The Morgan fingerprint density at radius 3 is 2.57 bits per heavy atom. The molecule has 3 heterocycles. The van der Waals surface area contributed by atoms with Crippen LogP contribution in [0.4, 0.5) is 5.69 Å². The number of nitrogens with one attached hydrogen (secondary N) is 3. The standard InChI is InChI=1S/C33H36Cl2N4O4S/c1-19-24(15-32(40)39-12-4-5-21(17-39)16-36-22-8-9-22)20(2)37-31(19)14-26-25-13-23(10-11-30(25)38-33(26)41)44(42,43)18-27-28(34)6-3-7-29(27)35/h3,6-7,10-11,13-14,21-22,36-37H,4-5,8-9,12,15-18H2,1-2H3,(H,38,41)/b26-14-/t21-/m0/s1. The van der Waals surface area contributed by atoms with Crippen LogP contribution in [0.2, 0.25) is 10.0 Å². The van der Waals surface area contributed by atoms with E-state index in [1.54, 1.807) is 30.3 Å². The van der Waals surface area contributed by atoms with Crippen LogP contribution in [0, 0.1) is 19.8 Å². The lowest BCUT2D eigenvalue weighted by Gasteiger charge is -2.33. The number of piperidine rings is 1. The van der Waals surface area contributed by atoms with Crippen molar-refractivity contribution in [1.82, 2.24) is 15.2 Å². The summed E-state index contributed by atoms with van der Waals surface area (Å²) in [7, 11) is -3.83. The van der Waals surface area contributed by atoms with Gasteiger partial charge in [-0.05, 0) is 99.5 Å². The molecule has 2 aliphatic heterocycles. The lowest BCUT2D eigenvalue weighted by atomic mass is 9.96. The van der Waals surface area contributed by atoms with E-state index in [0.717, 1.165) is 49.3 Å². The van der Waals surface area contributed by atoms with Crippen LogP contribution in [-0.2, 0) is 31.6 Å². The first-order chi connectivity index (χ1) is 21.0. The Labute approximate surface area is 268 Å². The van der Waals surface area contributed by atoms with Crippen molar-refractivity contribution in [3.63, 3.8) is 0 Å². The number of nitrogens with zero attached hydrogens (tertiary/aromatic N) is 1. The molecule has 44 heavy (non-hydrogen) atoms. The second kappa shape index (κ2) is 12.4. The zero-order chi connectivity index (χ0) is 31.2. The average Bonchev–Trinajstić information content (AvgIpc) is 3.72. The molecule has 2 fully saturated rings. The summed E-state index contributed by atoms with van der Waals surface area (Å²) in [6, 6.07) is 10.1. The third kappa shape index (κ3) is 6.47. The lowest BCUT2D eigenvalue weighted by Crippen LogP contribution is -2.43. The number of hydrogen-bond donors (Lipinski definition) is 3. The van der Waals surface area contributed by atoms with E-state index in [2.05, 4.69) is 15.6 Å². The Morgan fingerprint density at radius 1 is 1.09 bits per heavy atom. The van der Waals surface area contributed by atoms with Crippen LogP contribution in [0.1, 0.15) is 59.3 Å². The van der Waals surface area contributed by atoms with Gasteiger partial charge in [0.15, 0.2) is 9.84 Å². The van der Waals surface area contributed by atoms with Gasteiger partial charge in [-0.2, -0.15) is 0 Å². The molecule has 1 saturated heterocycles. The number of amides is 2. The molecule has 2 aromatic carbocycles. The number of carbonyl (C=O) groups is 2. The van der Waals surface area contributed by atoms with Crippen molar-refractivity contribution in [3.8, 4) is 0 Å². The summed E-state index contributed by atoms with van der Waals surface area (Å²) in [5, 5.41) is 6.98. The summed E-state index contributed by atoms with van der Waals surface area (Å²) in [6.45, 7) is 6.41. The highest BCUT2D eigenvalue weighted by atomic mass is 35.5. The Hall–Kier alpha value is -3.11. The van der Waals surface area contributed by atoms with Gasteiger partial charge >= 0.3 is 0 Å². The summed E-state index contributed by atoms with van der Waals surface area (Å²) in [5.41, 5.74) is 5.10. The van der Waals surface area contributed by atoms with Crippen molar-refractivity contribution < 1.29 is 18.0 Å². The zero-order valence-corrected chi connectivity index (χ0v) is 27.1. The molecule has 3 aliphatic rings. The molecule has 232 valence electrons. The van der Waals surface area contributed by atoms with Crippen molar-refractivity contribution in [2.75, 3.05) is 25.0 Å². The minimum atomic E-state index is -3.83. The topological polar surface area (TPSA) is 111 Å². The quantitative estimate of drug-likeness (QED) is 0.247. The second-order valence-electron chi connectivity index (χ2n) is 12.2. The summed E-state index contributed by atoms with van der Waals surface area (Å²) in [4.78, 5) is 31.8. The van der Waals surface area contributed by atoms with Crippen LogP contribution in [0.3, 0.4) is 0 Å². The van der Waals surface area contributed by atoms with E-state index in [1.165, 1.54) is 25.0 Å². The number of likely N-dealkylation sites (tertiary alicyclic amines) is 1. The number of hydrogen-bond acceptors (Lipinski definition) is 5.